The summed E-state index contributed by atoms with van der Waals surface area (Å²) in [4.78, 5) is 0. The van der Waals surface area contributed by atoms with E-state index in [0.29, 0.717) is 5.76 Å². The molecular weight excluding hydrogens is 101 g/mol. The molecule has 0 aliphatic carbocycles. The zero-order valence-corrected chi connectivity index (χ0v) is 4.51. The second-order valence-corrected chi connectivity index (χ2v) is 1.52. The van der Waals surface area contributed by atoms with Crippen LogP contribution in [0, 0.1) is 11.3 Å². The predicted molar refractivity (Wildman–Crippen MR) is 31.6 cm³/mol. The molecule has 0 saturated heterocycles. The molecule has 0 atom stereocenters. The molecule has 1 rings (SSSR count). The number of nitrogens with zero attached hydrogens (tertiary/aromatic N) is 1. The normalized spacial score (nSPS) is 8.38. The minimum atomic E-state index is 0.377. The monoisotopic (exact) mass is 105 g/mol. The van der Waals surface area contributed by atoms with Gasteiger partial charge in [-0.1, -0.05) is 0 Å². The van der Waals surface area contributed by atoms with Crippen molar-refractivity contribution in [2.45, 2.75) is 0 Å². The van der Waals surface area contributed by atoms with E-state index in [4.69, 9.17) is 9.68 Å². The molecule has 0 amide bonds. The van der Waals surface area contributed by atoms with Gasteiger partial charge in [0.2, 0.25) is 5.76 Å². The van der Waals surface area contributed by atoms with Crippen LogP contribution < -0.4 is 5.66 Å². The first-order valence-electron chi connectivity index (χ1n) is 2.29. The van der Waals surface area contributed by atoms with Gasteiger partial charge in [-0.2, -0.15) is 5.26 Å². The minimum Gasteiger partial charge on any atom is -0.462 e. The van der Waals surface area contributed by atoms with Crippen molar-refractivity contribution in [3.05, 3.63) is 17.9 Å². The molecule has 0 aromatic carbocycles. The smallest absolute Gasteiger partial charge is 0.202 e. The highest BCUT2D eigenvalue weighted by Gasteiger charge is 1.91. The van der Waals surface area contributed by atoms with Gasteiger partial charge in [0.1, 0.15) is 6.07 Å². The summed E-state index contributed by atoms with van der Waals surface area (Å²) < 4.78 is 4.87. The number of hydrogen-bond acceptors (Lipinski definition) is 2. The second kappa shape index (κ2) is 1.75. The maximum absolute atomic E-state index is 8.21. The summed E-state index contributed by atoms with van der Waals surface area (Å²) in [6.45, 7) is 0. The van der Waals surface area contributed by atoms with Gasteiger partial charge in [0.05, 0.1) is 5.66 Å². The fourth-order valence-electron chi connectivity index (χ4n) is 0.495. The van der Waals surface area contributed by atoms with Crippen LogP contribution in [0.5, 0.6) is 0 Å². The SMILES string of the molecule is Bc1ccc(C#N)o1. The van der Waals surface area contributed by atoms with E-state index in [1.807, 2.05) is 6.07 Å². The van der Waals surface area contributed by atoms with Crippen molar-refractivity contribution in [3.8, 4) is 6.07 Å². The van der Waals surface area contributed by atoms with Gasteiger partial charge in [-0.15, -0.1) is 0 Å². The van der Waals surface area contributed by atoms with Gasteiger partial charge in [0, 0.05) is 0 Å². The third-order valence-electron chi connectivity index (χ3n) is 0.851. The number of rotatable bonds is 0. The first kappa shape index (κ1) is 4.98. The van der Waals surface area contributed by atoms with Crippen LogP contribution in [-0.2, 0) is 0 Å². The van der Waals surface area contributed by atoms with Crippen LogP contribution in [0.1, 0.15) is 5.76 Å². The molecule has 0 spiro atoms. The Hall–Kier alpha value is -1.17. The maximum Gasteiger partial charge on any atom is 0.202 e. The fraction of sp³-hybridized carbons (Fsp3) is 0. The molecular formula is C5H4BNO. The molecule has 0 radical (unpaired) electrons. The van der Waals surface area contributed by atoms with Crippen molar-refractivity contribution in [2.24, 2.45) is 0 Å². The highest BCUT2D eigenvalue weighted by atomic mass is 16.3. The molecule has 0 unspecified atom stereocenters. The fourth-order valence-corrected chi connectivity index (χ4v) is 0.495. The van der Waals surface area contributed by atoms with E-state index in [-0.39, 0.29) is 0 Å². The Kier molecular flexibility index (Phi) is 1.09. The first-order chi connectivity index (χ1) is 3.83. The first-order valence-corrected chi connectivity index (χ1v) is 2.29. The van der Waals surface area contributed by atoms with Crippen molar-refractivity contribution in [3.63, 3.8) is 0 Å². The Labute approximate surface area is 48.1 Å². The Morgan fingerprint density at radius 3 is 2.62 bits per heavy atom. The molecule has 1 heterocycles. The van der Waals surface area contributed by atoms with Gasteiger partial charge in [-0.25, -0.2) is 0 Å². The van der Waals surface area contributed by atoms with Crippen LogP contribution in [0.4, 0.5) is 0 Å². The standard InChI is InChI=1S/C5H4BNO/c6-5-2-1-4(3-7)8-5/h1-2H,6H2. The summed E-state index contributed by atoms with van der Waals surface area (Å²) in [7, 11) is 1.81. The summed E-state index contributed by atoms with van der Waals surface area (Å²) in [5.74, 6) is 0.377. The van der Waals surface area contributed by atoms with Gasteiger partial charge in [0.25, 0.3) is 0 Å². The average Bonchev–Trinajstić information content (AvgIpc) is 2.14. The number of hydrogen-bond donors (Lipinski definition) is 0. The number of furan rings is 1. The Morgan fingerprint density at radius 1 is 1.62 bits per heavy atom. The molecule has 38 valence electrons. The molecule has 1 aromatic rings. The predicted octanol–water partition coefficient (Wildman–Crippen LogP) is -0.590. The Balaban J connectivity index is 3.05. The average molecular weight is 105 g/mol. The second-order valence-electron chi connectivity index (χ2n) is 1.52. The largest absolute Gasteiger partial charge is 0.462 e. The van der Waals surface area contributed by atoms with Crippen molar-refractivity contribution >= 4 is 13.5 Å². The highest BCUT2D eigenvalue weighted by molar-refractivity contribution is 6.29. The van der Waals surface area contributed by atoms with E-state index in [1.54, 1.807) is 20.0 Å². The highest BCUT2D eigenvalue weighted by Crippen LogP contribution is 1.91. The summed E-state index contributed by atoms with van der Waals surface area (Å²) in [6.07, 6.45) is 0. The zero-order valence-electron chi connectivity index (χ0n) is 4.51. The molecule has 3 heteroatoms. The third-order valence-corrected chi connectivity index (χ3v) is 0.851. The Morgan fingerprint density at radius 2 is 2.38 bits per heavy atom. The summed E-state index contributed by atoms with van der Waals surface area (Å²) in [5, 5.41) is 8.21. The third kappa shape index (κ3) is 0.735. The van der Waals surface area contributed by atoms with Crippen molar-refractivity contribution in [2.75, 3.05) is 0 Å². The van der Waals surface area contributed by atoms with Gasteiger partial charge in [-0.3, -0.25) is 0 Å². The van der Waals surface area contributed by atoms with Gasteiger partial charge < -0.3 is 4.42 Å². The summed E-state index contributed by atoms with van der Waals surface area (Å²) >= 11 is 0. The molecule has 0 saturated carbocycles. The maximum atomic E-state index is 8.21. The van der Waals surface area contributed by atoms with Crippen LogP contribution in [0.2, 0.25) is 0 Å². The molecule has 0 bridgehead atoms. The zero-order chi connectivity index (χ0) is 5.98. The summed E-state index contributed by atoms with van der Waals surface area (Å²) in [5.41, 5.74) is 0.779. The van der Waals surface area contributed by atoms with Gasteiger partial charge in [0.15, 0.2) is 7.85 Å². The van der Waals surface area contributed by atoms with Crippen LogP contribution in [0.3, 0.4) is 0 Å². The van der Waals surface area contributed by atoms with Crippen molar-refractivity contribution in [1.29, 1.82) is 5.26 Å². The quantitative estimate of drug-likeness (QED) is 0.413. The molecule has 1 aromatic heterocycles. The summed E-state index contributed by atoms with van der Waals surface area (Å²) in [6, 6.07) is 5.29. The van der Waals surface area contributed by atoms with Crippen molar-refractivity contribution < 1.29 is 4.42 Å². The molecule has 8 heavy (non-hydrogen) atoms. The van der Waals surface area contributed by atoms with Crippen molar-refractivity contribution in [1.82, 2.24) is 0 Å². The minimum absolute atomic E-state index is 0.377. The topological polar surface area (TPSA) is 36.9 Å². The van der Waals surface area contributed by atoms with Gasteiger partial charge >= 0.3 is 0 Å². The lowest BCUT2D eigenvalue weighted by molar-refractivity contribution is 0.586. The molecule has 0 fully saturated rings. The van der Waals surface area contributed by atoms with Crippen LogP contribution in [-0.4, -0.2) is 7.85 Å². The molecule has 0 N–H and O–H groups in total. The lowest BCUT2D eigenvalue weighted by Gasteiger charge is -1.74. The van der Waals surface area contributed by atoms with E-state index in [2.05, 4.69) is 0 Å². The van der Waals surface area contributed by atoms with Crippen LogP contribution in [0.25, 0.3) is 0 Å². The molecule has 0 aliphatic rings. The van der Waals surface area contributed by atoms with E-state index in [9.17, 15) is 0 Å². The number of nitriles is 1. The lowest BCUT2D eigenvalue weighted by Crippen LogP contribution is -1.93. The van der Waals surface area contributed by atoms with E-state index in [1.165, 1.54) is 0 Å². The van der Waals surface area contributed by atoms with E-state index < -0.39 is 0 Å². The van der Waals surface area contributed by atoms with E-state index in [0.717, 1.165) is 5.66 Å². The van der Waals surface area contributed by atoms with E-state index >= 15 is 0 Å². The molecule has 2 nitrogen and oxygen atoms in total. The lowest BCUT2D eigenvalue weighted by atomic mass is 10.1. The Bertz CT molecular complexity index is 223. The van der Waals surface area contributed by atoms with Crippen LogP contribution in [0.15, 0.2) is 16.5 Å². The van der Waals surface area contributed by atoms with Gasteiger partial charge in [-0.05, 0) is 12.1 Å². The molecule has 0 aliphatic heterocycles. The van der Waals surface area contributed by atoms with Crippen LogP contribution >= 0.6 is 0 Å².